The van der Waals surface area contributed by atoms with Gasteiger partial charge in [0.15, 0.2) is 0 Å². The van der Waals surface area contributed by atoms with Crippen molar-refractivity contribution in [3.8, 4) is 0 Å². The van der Waals surface area contributed by atoms with Crippen molar-refractivity contribution in [2.75, 3.05) is 19.7 Å². The highest BCUT2D eigenvalue weighted by atomic mass is 32.2. The van der Waals surface area contributed by atoms with E-state index in [1.54, 1.807) is 25.1 Å². The molecule has 2 heterocycles. The Labute approximate surface area is 147 Å². The Hall–Kier alpha value is -1.70. The SMILES string of the molecule is CCN(CC1CCCCO1)S(=O)(=O)c1ccc2[nH]c(=O)cc(C)c2c1. The molecular weight excluding hydrogens is 340 g/mol. The fraction of sp³-hybridized carbons (Fsp3) is 0.500. The minimum absolute atomic E-state index is 0.0398. The minimum atomic E-state index is -3.61. The van der Waals surface area contributed by atoms with Crippen LogP contribution in [0.25, 0.3) is 10.9 Å². The molecule has 0 spiro atoms. The highest BCUT2D eigenvalue weighted by Gasteiger charge is 2.27. The zero-order valence-electron chi connectivity index (χ0n) is 14.6. The summed E-state index contributed by atoms with van der Waals surface area (Å²) in [6, 6.07) is 6.32. The lowest BCUT2D eigenvalue weighted by atomic mass is 10.1. The highest BCUT2D eigenvalue weighted by Crippen LogP contribution is 2.24. The van der Waals surface area contributed by atoms with Gasteiger partial charge < -0.3 is 9.72 Å². The fourth-order valence-corrected chi connectivity index (χ4v) is 4.79. The number of aromatic amines is 1. The maximum absolute atomic E-state index is 13.1. The number of nitrogens with zero attached hydrogens (tertiary/aromatic N) is 1. The van der Waals surface area contributed by atoms with Gasteiger partial charge >= 0.3 is 0 Å². The van der Waals surface area contributed by atoms with Crippen LogP contribution in [0.2, 0.25) is 0 Å². The van der Waals surface area contributed by atoms with Crippen LogP contribution >= 0.6 is 0 Å². The molecule has 1 saturated heterocycles. The van der Waals surface area contributed by atoms with Gasteiger partial charge in [-0.1, -0.05) is 6.92 Å². The van der Waals surface area contributed by atoms with Crippen LogP contribution in [-0.2, 0) is 14.8 Å². The minimum Gasteiger partial charge on any atom is -0.377 e. The molecule has 0 saturated carbocycles. The molecule has 1 aliphatic heterocycles. The summed E-state index contributed by atoms with van der Waals surface area (Å²) < 4.78 is 33.3. The highest BCUT2D eigenvalue weighted by molar-refractivity contribution is 7.89. The Balaban J connectivity index is 1.94. The van der Waals surface area contributed by atoms with E-state index in [1.807, 2.05) is 6.92 Å². The summed E-state index contributed by atoms with van der Waals surface area (Å²) in [6.07, 6.45) is 2.97. The zero-order chi connectivity index (χ0) is 18.0. The smallest absolute Gasteiger partial charge is 0.248 e. The van der Waals surface area contributed by atoms with Crippen molar-refractivity contribution in [2.24, 2.45) is 0 Å². The number of pyridine rings is 1. The summed E-state index contributed by atoms with van der Waals surface area (Å²) >= 11 is 0. The number of hydrogen-bond donors (Lipinski definition) is 1. The molecule has 1 aliphatic rings. The Morgan fingerprint density at radius 3 is 2.76 bits per heavy atom. The summed E-state index contributed by atoms with van der Waals surface area (Å²) in [4.78, 5) is 14.5. The van der Waals surface area contributed by atoms with E-state index in [0.29, 0.717) is 25.2 Å². The van der Waals surface area contributed by atoms with Crippen molar-refractivity contribution in [2.45, 2.75) is 44.1 Å². The van der Waals surface area contributed by atoms with Gasteiger partial charge in [-0.2, -0.15) is 4.31 Å². The van der Waals surface area contributed by atoms with Crippen LogP contribution < -0.4 is 5.56 Å². The third-order valence-electron chi connectivity index (χ3n) is 4.69. The third kappa shape index (κ3) is 3.78. The molecule has 3 rings (SSSR count). The molecule has 0 radical (unpaired) electrons. The molecule has 7 heteroatoms. The number of ether oxygens (including phenoxy) is 1. The van der Waals surface area contributed by atoms with E-state index in [4.69, 9.17) is 4.74 Å². The molecule has 1 fully saturated rings. The second-order valence-corrected chi connectivity index (χ2v) is 8.41. The van der Waals surface area contributed by atoms with Gasteiger partial charge in [-0.3, -0.25) is 4.79 Å². The van der Waals surface area contributed by atoms with E-state index < -0.39 is 10.0 Å². The van der Waals surface area contributed by atoms with Crippen molar-refractivity contribution in [3.63, 3.8) is 0 Å². The predicted molar refractivity (Wildman–Crippen MR) is 97.3 cm³/mol. The predicted octanol–water partition coefficient (Wildman–Crippen LogP) is 2.42. The van der Waals surface area contributed by atoms with Crippen LogP contribution in [0.1, 0.15) is 31.7 Å². The van der Waals surface area contributed by atoms with Crippen molar-refractivity contribution >= 4 is 20.9 Å². The molecule has 1 aromatic carbocycles. The van der Waals surface area contributed by atoms with Crippen molar-refractivity contribution in [1.29, 1.82) is 0 Å². The first kappa shape index (κ1) is 18.1. The summed E-state index contributed by atoms with van der Waals surface area (Å²) in [5.74, 6) is 0. The normalized spacial score (nSPS) is 18.8. The van der Waals surface area contributed by atoms with Gasteiger partial charge in [0.1, 0.15) is 0 Å². The van der Waals surface area contributed by atoms with Crippen LogP contribution in [0, 0.1) is 6.92 Å². The van der Waals surface area contributed by atoms with E-state index in [0.717, 1.165) is 30.2 Å². The summed E-state index contributed by atoms with van der Waals surface area (Å²) in [6.45, 7) is 5.11. The number of H-pyrrole nitrogens is 1. The average Bonchev–Trinajstić information content (AvgIpc) is 2.60. The molecule has 25 heavy (non-hydrogen) atoms. The topological polar surface area (TPSA) is 79.5 Å². The van der Waals surface area contributed by atoms with E-state index in [9.17, 15) is 13.2 Å². The van der Waals surface area contributed by atoms with Crippen molar-refractivity contribution in [1.82, 2.24) is 9.29 Å². The molecule has 2 aromatic rings. The fourth-order valence-electron chi connectivity index (χ4n) is 3.29. The second kappa shape index (κ2) is 7.27. The first-order valence-corrected chi connectivity index (χ1v) is 10.1. The molecule has 1 N–H and O–H groups in total. The van der Waals surface area contributed by atoms with Crippen LogP contribution in [0.5, 0.6) is 0 Å². The Kier molecular flexibility index (Phi) is 5.27. The van der Waals surface area contributed by atoms with Crippen LogP contribution in [0.15, 0.2) is 34.0 Å². The number of hydrogen-bond acceptors (Lipinski definition) is 4. The zero-order valence-corrected chi connectivity index (χ0v) is 15.4. The lowest BCUT2D eigenvalue weighted by molar-refractivity contribution is 0.00670. The monoisotopic (exact) mass is 364 g/mol. The van der Waals surface area contributed by atoms with Gasteiger partial charge in [-0.25, -0.2) is 8.42 Å². The summed E-state index contributed by atoms with van der Waals surface area (Å²) in [5.41, 5.74) is 1.21. The third-order valence-corrected chi connectivity index (χ3v) is 6.63. The van der Waals surface area contributed by atoms with E-state index in [-0.39, 0.29) is 16.6 Å². The number of rotatable bonds is 5. The van der Waals surface area contributed by atoms with Gasteiger partial charge in [0.25, 0.3) is 0 Å². The molecular formula is C18H24N2O4S. The number of sulfonamides is 1. The van der Waals surface area contributed by atoms with Crippen LogP contribution in [-0.4, -0.2) is 43.5 Å². The lowest BCUT2D eigenvalue weighted by Gasteiger charge is -2.28. The largest absolute Gasteiger partial charge is 0.377 e. The molecule has 1 aromatic heterocycles. The Bertz CT molecular complexity index is 914. The van der Waals surface area contributed by atoms with Gasteiger partial charge in [-0.05, 0) is 49.9 Å². The van der Waals surface area contributed by atoms with Gasteiger partial charge in [0.05, 0.1) is 11.0 Å². The molecule has 0 amide bonds. The summed E-state index contributed by atoms with van der Waals surface area (Å²) in [7, 11) is -3.61. The maximum Gasteiger partial charge on any atom is 0.248 e. The van der Waals surface area contributed by atoms with E-state index >= 15 is 0 Å². The van der Waals surface area contributed by atoms with E-state index in [1.165, 1.54) is 10.4 Å². The van der Waals surface area contributed by atoms with Gasteiger partial charge in [0.2, 0.25) is 15.6 Å². The van der Waals surface area contributed by atoms with Gasteiger partial charge in [0, 0.05) is 36.7 Å². The molecule has 0 aliphatic carbocycles. The number of nitrogens with one attached hydrogen (secondary N) is 1. The number of benzene rings is 1. The van der Waals surface area contributed by atoms with Crippen LogP contribution in [0.3, 0.4) is 0 Å². The standard InChI is InChI=1S/C18H24N2O4S/c1-3-20(12-14-6-4-5-9-24-14)25(22,23)15-7-8-17-16(11-15)13(2)10-18(21)19-17/h7-8,10-11,14H,3-6,9,12H2,1-2H3,(H,19,21). The molecule has 6 nitrogen and oxygen atoms in total. The Morgan fingerprint density at radius 1 is 1.28 bits per heavy atom. The molecule has 1 unspecified atom stereocenters. The first-order chi connectivity index (χ1) is 11.9. The molecule has 136 valence electrons. The average molecular weight is 364 g/mol. The number of fused-ring (bicyclic) bond motifs is 1. The number of likely N-dealkylation sites (N-methyl/N-ethyl adjacent to an activating group) is 1. The van der Waals surface area contributed by atoms with E-state index in [2.05, 4.69) is 4.98 Å². The van der Waals surface area contributed by atoms with Crippen molar-refractivity contribution in [3.05, 3.63) is 40.2 Å². The first-order valence-electron chi connectivity index (χ1n) is 8.67. The maximum atomic E-state index is 13.1. The van der Waals surface area contributed by atoms with Gasteiger partial charge in [-0.15, -0.1) is 0 Å². The number of aryl methyl sites for hydroxylation is 1. The second-order valence-electron chi connectivity index (χ2n) is 6.47. The molecule has 0 bridgehead atoms. The quantitative estimate of drug-likeness (QED) is 0.884. The Morgan fingerprint density at radius 2 is 2.08 bits per heavy atom. The van der Waals surface area contributed by atoms with Crippen molar-refractivity contribution < 1.29 is 13.2 Å². The summed E-state index contributed by atoms with van der Waals surface area (Å²) in [5, 5.41) is 0.741. The number of aromatic nitrogens is 1. The van der Waals surface area contributed by atoms with Crippen LogP contribution in [0.4, 0.5) is 0 Å². The molecule has 1 atom stereocenters. The lowest BCUT2D eigenvalue weighted by Crippen LogP contribution is -2.39.